The second-order valence-electron chi connectivity index (χ2n) is 9.82. The molecule has 0 spiro atoms. The van der Waals surface area contributed by atoms with Crippen LogP contribution in [0.3, 0.4) is 0 Å². The van der Waals surface area contributed by atoms with E-state index < -0.39 is 24.0 Å². The highest BCUT2D eigenvalue weighted by atomic mass is 35.5. The van der Waals surface area contributed by atoms with Crippen molar-refractivity contribution in [2.45, 2.75) is 25.1 Å². The van der Waals surface area contributed by atoms with Crippen molar-refractivity contribution in [1.82, 2.24) is 15.3 Å². The predicted octanol–water partition coefficient (Wildman–Crippen LogP) is 4.24. The quantitative estimate of drug-likeness (QED) is 0.292. The largest absolute Gasteiger partial charge is 0.490 e. The lowest BCUT2D eigenvalue weighted by Crippen LogP contribution is -2.36. The van der Waals surface area contributed by atoms with Crippen molar-refractivity contribution >= 4 is 46.6 Å². The maximum absolute atomic E-state index is 13.5. The fraction of sp³-hybridized carbons (Fsp3) is 0.345. The number of nitrogens with one attached hydrogen (secondary N) is 3. The summed E-state index contributed by atoms with van der Waals surface area (Å²) in [6.07, 6.45) is -0.441. The first kappa shape index (κ1) is 33.4. The van der Waals surface area contributed by atoms with E-state index in [1.807, 2.05) is 12.1 Å². The fourth-order valence-corrected chi connectivity index (χ4v) is 4.52. The molecule has 4 heterocycles. The van der Waals surface area contributed by atoms with E-state index in [1.54, 1.807) is 30.3 Å². The monoisotopic (exact) mass is 650 g/mol. The first-order chi connectivity index (χ1) is 21.5. The molecular formula is C29H30ClF3N6O6. The Morgan fingerprint density at radius 1 is 1.02 bits per heavy atom. The molecule has 0 unspecified atom stereocenters. The molecule has 1 aromatic carbocycles. The molecule has 3 aromatic rings. The molecule has 2 aliphatic heterocycles. The summed E-state index contributed by atoms with van der Waals surface area (Å²) in [7, 11) is 0. The van der Waals surface area contributed by atoms with Crippen molar-refractivity contribution in [3.8, 4) is 5.75 Å². The van der Waals surface area contributed by atoms with Crippen molar-refractivity contribution in [2.75, 3.05) is 54.9 Å². The van der Waals surface area contributed by atoms with Crippen molar-refractivity contribution in [3.63, 3.8) is 0 Å². The van der Waals surface area contributed by atoms with Gasteiger partial charge in [0, 0.05) is 37.2 Å². The van der Waals surface area contributed by atoms with Crippen molar-refractivity contribution < 1.29 is 42.1 Å². The van der Waals surface area contributed by atoms with Crippen LogP contribution in [0.4, 0.5) is 30.4 Å². The number of pyridine rings is 2. The van der Waals surface area contributed by atoms with Crippen LogP contribution in [0.25, 0.3) is 0 Å². The van der Waals surface area contributed by atoms with Crippen molar-refractivity contribution in [2.24, 2.45) is 0 Å². The molecule has 4 N–H and O–H groups in total. The molecule has 16 heteroatoms. The average Bonchev–Trinajstić information content (AvgIpc) is 3.03. The first-order valence-corrected chi connectivity index (χ1v) is 14.2. The maximum atomic E-state index is 13.5. The van der Waals surface area contributed by atoms with E-state index in [0.717, 1.165) is 44.7 Å². The highest BCUT2D eigenvalue weighted by molar-refractivity contribution is 6.30. The summed E-state index contributed by atoms with van der Waals surface area (Å²) in [5.74, 6) is -2.83. The molecule has 0 aliphatic carbocycles. The third-order valence-electron chi connectivity index (χ3n) is 6.65. The van der Waals surface area contributed by atoms with Crippen LogP contribution in [0.1, 0.15) is 33.7 Å². The number of morpholine rings is 1. The summed E-state index contributed by atoms with van der Waals surface area (Å²) < 4.78 is 43.6. The van der Waals surface area contributed by atoms with Gasteiger partial charge in [-0.15, -0.1) is 0 Å². The predicted molar refractivity (Wildman–Crippen MR) is 159 cm³/mol. The number of amides is 2. The van der Waals surface area contributed by atoms with Crippen LogP contribution in [0, 0.1) is 0 Å². The van der Waals surface area contributed by atoms with Gasteiger partial charge in [0.15, 0.2) is 5.69 Å². The minimum absolute atomic E-state index is 0.00865. The lowest BCUT2D eigenvalue weighted by Gasteiger charge is -2.30. The third-order valence-corrected chi connectivity index (χ3v) is 6.87. The second-order valence-corrected chi connectivity index (χ2v) is 10.3. The van der Waals surface area contributed by atoms with Gasteiger partial charge in [-0.25, -0.2) is 14.8 Å². The molecule has 0 radical (unpaired) electrons. The molecule has 0 bridgehead atoms. The molecule has 2 saturated heterocycles. The number of hydrogen-bond acceptors (Lipinski definition) is 9. The topological polar surface area (TPSA) is 155 Å². The number of rotatable bonds is 7. The summed E-state index contributed by atoms with van der Waals surface area (Å²) in [6.45, 7) is 4.59. The Hall–Kier alpha value is -4.47. The van der Waals surface area contributed by atoms with Gasteiger partial charge in [-0.1, -0.05) is 11.6 Å². The van der Waals surface area contributed by atoms with Crippen LogP contribution in [-0.4, -0.2) is 84.5 Å². The Morgan fingerprint density at radius 2 is 1.73 bits per heavy atom. The normalized spacial score (nSPS) is 15.3. The minimum atomic E-state index is -5.08. The molecule has 2 aliphatic rings. The summed E-state index contributed by atoms with van der Waals surface area (Å²) in [5.41, 5.74) is 1.69. The Morgan fingerprint density at radius 3 is 2.38 bits per heavy atom. The number of carbonyl (C=O) groups is 3. The number of hydrogen-bond donors (Lipinski definition) is 4. The lowest BCUT2D eigenvalue weighted by molar-refractivity contribution is -0.192. The molecule has 2 aromatic heterocycles. The fourth-order valence-electron chi connectivity index (χ4n) is 4.41. The zero-order chi connectivity index (χ0) is 32.4. The van der Waals surface area contributed by atoms with Gasteiger partial charge in [0.2, 0.25) is 0 Å². The van der Waals surface area contributed by atoms with Gasteiger partial charge < -0.3 is 35.4 Å². The second kappa shape index (κ2) is 15.5. The van der Waals surface area contributed by atoms with E-state index >= 15 is 0 Å². The number of aliphatic carboxylic acids is 1. The number of carboxylic acids is 1. The zero-order valence-corrected chi connectivity index (χ0v) is 24.5. The highest BCUT2D eigenvalue weighted by Crippen LogP contribution is 2.30. The van der Waals surface area contributed by atoms with Gasteiger partial charge in [0.25, 0.3) is 11.8 Å². The number of carbonyl (C=O) groups excluding carboxylic acids is 2. The van der Waals surface area contributed by atoms with Crippen LogP contribution in [0.5, 0.6) is 5.75 Å². The smallest absolute Gasteiger partial charge is 0.489 e. The van der Waals surface area contributed by atoms with Crippen LogP contribution in [0.2, 0.25) is 5.02 Å². The Kier molecular flexibility index (Phi) is 11.5. The van der Waals surface area contributed by atoms with Gasteiger partial charge in [0.1, 0.15) is 17.7 Å². The van der Waals surface area contributed by atoms with Gasteiger partial charge in [0.05, 0.1) is 29.5 Å². The lowest BCUT2D eigenvalue weighted by atomic mass is 10.1. The Balaban J connectivity index is 0.000000591. The van der Waals surface area contributed by atoms with Gasteiger partial charge in [-0.2, -0.15) is 13.2 Å². The molecule has 2 fully saturated rings. The molecule has 5 rings (SSSR count). The van der Waals surface area contributed by atoms with E-state index in [4.69, 9.17) is 31.0 Å². The summed E-state index contributed by atoms with van der Waals surface area (Å²) in [5, 5.41) is 16.4. The standard InChI is InChI=1S/C27H29ClN6O4.C2HF3O2/c28-18-3-6-24(31-17-18)33-27(36)25-22(2-1-9-30-25)32-26(35)21-5-4-19(34-12-14-37-15-13-34)16-23(21)38-20-7-10-29-11-8-20;3-2(4,5)1(6)7/h1-6,9,16-17,20,29H,7-8,10-15H2,(H,32,35)(H,31,33,36);(H,6,7). The van der Waals surface area contributed by atoms with Crippen LogP contribution < -0.4 is 25.6 Å². The average molecular weight is 651 g/mol. The Bertz CT molecular complexity index is 1480. The van der Waals surface area contributed by atoms with Gasteiger partial charge in [-0.3, -0.25) is 9.59 Å². The summed E-state index contributed by atoms with van der Waals surface area (Å²) >= 11 is 5.88. The highest BCUT2D eigenvalue weighted by Gasteiger charge is 2.38. The molecule has 2 amide bonds. The number of piperidine rings is 1. The number of carboxylic acid groups (broad SMARTS) is 1. The van der Waals surface area contributed by atoms with Crippen LogP contribution in [0.15, 0.2) is 54.9 Å². The number of benzene rings is 1. The van der Waals surface area contributed by atoms with E-state index in [1.165, 1.54) is 12.4 Å². The minimum Gasteiger partial charge on any atom is -0.489 e. The number of anilines is 3. The van der Waals surface area contributed by atoms with E-state index in [-0.39, 0.29) is 17.5 Å². The molecule has 12 nitrogen and oxygen atoms in total. The van der Waals surface area contributed by atoms with Crippen molar-refractivity contribution in [1.29, 1.82) is 0 Å². The number of alkyl halides is 3. The SMILES string of the molecule is O=C(Nc1cccnc1C(=O)Nc1ccc(Cl)cn1)c1ccc(N2CCOCC2)cc1OC1CCNCC1.O=C(O)C(F)(F)F. The number of ether oxygens (including phenoxy) is 2. The molecule has 0 saturated carbocycles. The third kappa shape index (κ3) is 9.76. The van der Waals surface area contributed by atoms with Crippen LogP contribution in [-0.2, 0) is 9.53 Å². The number of nitrogens with zero attached hydrogens (tertiary/aromatic N) is 3. The van der Waals surface area contributed by atoms with Gasteiger partial charge >= 0.3 is 12.1 Å². The van der Waals surface area contributed by atoms with Crippen molar-refractivity contribution in [3.05, 3.63) is 71.1 Å². The van der Waals surface area contributed by atoms with Gasteiger partial charge in [-0.05, 0) is 62.3 Å². The number of halogens is 4. The first-order valence-electron chi connectivity index (χ1n) is 13.8. The summed E-state index contributed by atoms with van der Waals surface area (Å²) in [4.78, 5) is 45.8. The molecule has 0 atom stereocenters. The van der Waals surface area contributed by atoms with E-state index in [0.29, 0.717) is 35.4 Å². The number of aromatic nitrogens is 2. The Labute approximate surface area is 260 Å². The van der Waals surface area contributed by atoms with E-state index in [9.17, 15) is 22.8 Å². The zero-order valence-electron chi connectivity index (χ0n) is 23.8. The van der Waals surface area contributed by atoms with E-state index in [2.05, 4.69) is 30.8 Å². The molecule has 45 heavy (non-hydrogen) atoms. The van der Waals surface area contributed by atoms with Crippen LogP contribution >= 0.6 is 11.6 Å². The maximum Gasteiger partial charge on any atom is 0.490 e. The molecule has 240 valence electrons. The molecular weight excluding hydrogens is 621 g/mol. The summed E-state index contributed by atoms with van der Waals surface area (Å²) in [6, 6.07) is 12.1.